The van der Waals surface area contributed by atoms with Crippen molar-refractivity contribution in [2.45, 2.75) is 187 Å². The SMILES string of the molecule is CC/C=C\C/C=C\C/C=C\C/C=C\C/C=C\C/C=C\C/C=C\CCCCCCCC(=O)OC(CO)COC(=O)CCCCC/C=C\C/C=C\C/C=C\C/C=C\C/C=C\C/C=C\C/C=C\CC. The Labute approximate surface area is 404 Å². The van der Waals surface area contributed by atoms with Crippen LogP contribution in [0, 0.1) is 0 Å². The predicted molar refractivity (Wildman–Crippen MR) is 287 cm³/mol. The molecule has 0 amide bonds. The quantitative estimate of drug-likeness (QED) is 0.0375. The number of hydrogen-bond acceptors (Lipinski definition) is 5. The Morgan fingerprint density at radius 2 is 0.606 bits per heavy atom. The molecule has 1 N–H and O–H groups in total. The van der Waals surface area contributed by atoms with Crippen LogP contribution in [0.2, 0.25) is 0 Å². The van der Waals surface area contributed by atoms with Gasteiger partial charge in [-0.15, -0.1) is 0 Å². The fourth-order valence-electron chi connectivity index (χ4n) is 6.22. The number of carbonyl (C=O) groups is 2. The zero-order chi connectivity index (χ0) is 47.7. The highest BCUT2D eigenvalue weighted by Crippen LogP contribution is 2.11. The molecule has 0 saturated carbocycles. The Bertz CT molecular complexity index is 1540. The van der Waals surface area contributed by atoms with E-state index in [0.29, 0.717) is 12.8 Å². The van der Waals surface area contributed by atoms with Crippen LogP contribution in [0.25, 0.3) is 0 Å². The van der Waals surface area contributed by atoms with Crippen molar-refractivity contribution >= 4 is 11.9 Å². The average Bonchev–Trinajstić information content (AvgIpc) is 3.32. The van der Waals surface area contributed by atoms with Gasteiger partial charge in [-0.3, -0.25) is 9.59 Å². The van der Waals surface area contributed by atoms with Gasteiger partial charge in [-0.05, 0) is 128 Å². The van der Waals surface area contributed by atoms with Gasteiger partial charge < -0.3 is 14.6 Å². The summed E-state index contributed by atoms with van der Waals surface area (Å²) in [7, 11) is 0. The van der Waals surface area contributed by atoms with Gasteiger partial charge in [0, 0.05) is 12.8 Å². The number of aliphatic hydroxyl groups excluding tert-OH is 1. The molecule has 0 radical (unpaired) electrons. The third kappa shape index (κ3) is 51.9. The Hall–Kier alpha value is -4.74. The number of esters is 2. The van der Waals surface area contributed by atoms with Crippen LogP contribution < -0.4 is 0 Å². The van der Waals surface area contributed by atoms with Gasteiger partial charge in [0.05, 0.1) is 6.61 Å². The van der Waals surface area contributed by atoms with Crippen molar-refractivity contribution < 1.29 is 24.2 Å². The minimum absolute atomic E-state index is 0.105. The van der Waals surface area contributed by atoms with E-state index in [1.54, 1.807) is 0 Å². The fraction of sp³-hybridized carbons (Fsp3) is 0.508. The lowest BCUT2D eigenvalue weighted by Crippen LogP contribution is -2.28. The summed E-state index contributed by atoms with van der Waals surface area (Å²) >= 11 is 0. The van der Waals surface area contributed by atoms with Gasteiger partial charge in [-0.1, -0.05) is 210 Å². The van der Waals surface area contributed by atoms with Gasteiger partial charge in [0.2, 0.25) is 0 Å². The third-order valence-electron chi connectivity index (χ3n) is 10.0. The largest absolute Gasteiger partial charge is 0.462 e. The van der Waals surface area contributed by atoms with Gasteiger partial charge in [-0.2, -0.15) is 0 Å². The molecule has 366 valence electrons. The second kappa shape index (κ2) is 54.6. The molecule has 1 unspecified atom stereocenters. The monoisotopic (exact) mass is 905 g/mol. The minimum atomic E-state index is -0.813. The molecule has 0 aromatic carbocycles. The summed E-state index contributed by atoms with van der Waals surface area (Å²) in [6.45, 7) is 3.84. The highest BCUT2D eigenvalue weighted by atomic mass is 16.6. The molecule has 0 saturated heterocycles. The van der Waals surface area contributed by atoms with E-state index in [0.717, 1.165) is 154 Å². The average molecular weight is 905 g/mol. The first kappa shape index (κ1) is 61.3. The van der Waals surface area contributed by atoms with Crippen LogP contribution >= 0.6 is 0 Å². The first-order valence-electron chi connectivity index (χ1n) is 25.7. The fourth-order valence-corrected chi connectivity index (χ4v) is 6.22. The van der Waals surface area contributed by atoms with E-state index in [1.165, 1.54) is 0 Å². The normalized spacial score (nSPS) is 13.7. The number of carbonyl (C=O) groups excluding carboxylic acids is 2. The van der Waals surface area contributed by atoms with Gasteiger partial charge in [0.1, 0.15) is 6.61 Å². The van der Waals surface area contributed by atoms with Crippen LogP contribution in [0.1, 0.15) is 181 Å². The number of ether oxygens (including phenoxy) is 2. The summed E-state index contributed by atoms with van der Waals surface area (Å²) < 4.78 is 10.6. The van der Waals surface area contributed by atoms with Crippen molar-refractivity contribution in [3.63, 3.8) is 0 Å². The molecule has 0 aliphatic rings. The molecule has 66 heavy (non-hydrogen) atoms. The summed E-state index contributed by atoms with van der Waals surface area (Å²) in [4.78, 5) is 24.5. The molecule has 0 bridgehead atoms. The summed E-state index contributed by atoms with van der Waals surface area (Å²) in [5.41, 5.74) is 0. The highest BCUT2D eigenvalue weighted by Gasteiger charge is 2.16. The van der Waals surface area contributed by atoms with Gasteiger partial charge in [0.15, 0.2) is 6.10 Å². The van der Waals surface area contributed by atoms with Gasteiger partial charge in [-0.25, -0.2) is 0 Å². The maximum Gasteiger partial charge on any atom is 0.306 e. The van der Waals surface area contributed by atoms with E-state index in [2.05, 4.69) is 184 Å². The lowest BCUT2D eigenvalue weighted by Gasteiger charge is -2.15. The van der Waals surface area contributed by atoms with E-state index in [4.69, 9.17) is 9.47 Å². The van der Waals surface area contributed by atoms with Crippen molar-refractivity contribution in [1.29, 1.82) is 0 Å². The maximum absolute atomic E-state index is 12.3. The molecule has 0 fully saturated rings. The van der Waals surface area contributed by atoms with Crippen molar-refractivity contribution in [3.8, 4) is 0 Å². The molecular formula is C61H92O5. The number of aliphatic hydroxyl groups is 1. The summed E-state index contributed by atoms with van der Waals surface area (Å²) in [5.74, 6) is -0.669. The zero-order valence-corrected chi connectivity index (χ0v) is 41.6. The van der Waals surface area contributed by atoms with Gasteiger partial charge in [0.25, 0.3) is 0 Å². The molecule has 0 aromatic heterocycles. The summed E-state index contributed by atoms with van der Waals surface area (Å²) in [6.07, 6.45) is 85.8. The van der Waals surface area contributed by atoms with E-state index < -0.39 is 6.10 Å². The van der Waals surface area contributed by atoms with Crippen LogP contribution in [-0.2, 0) is 19.1 Å². The van der Waals surface area contributed by atoms with Crippen molar-refractivity contribution in [3.05, 3.63) is 170 Å². The van der Waals surface area contributed by atoms with Crippen LogP contribution in [0.15, 0.2) is 170 Å². The van der Waals surface area contributed by atoms with E-state index >= 15 is 0 Å². The van der Waals surface area contributed by atoms with Crippen molar-refractivity contribution in [1.82, 2.24) is 0 Å². The Balaban J connectivity index is 3.72. The smallest absolute Gasteiger partial charge is 0.306 e. The van der Waals surface area contributed by atoms with Crippen LogP contribution in [0.3, 0.4) is 0 Å². The zero-order valence-electron chi connectivity index (χ0n) is 41.6. The molecule has 0 spiro atoms. The van der Waals surface area contributed by atoms with E-state index in [1.807, 2.05) is 0 Å². The van der Waals surface area contributed by atoms with Gasteiger partial charge >= 0.3 is 11.9 Å². The minimum Gasteiger partial charge on any atom is -0.462 e. The lowest BCUT2D eigenvalue weighted by molar-refractivity contribution is -0.161. The van der Waals surface area contributed by atoms with Crippen LogP contribution in [0.4, 0.5) is 0 Å². The van der Waals surface area contributed by atoms with Crippen molar-refractivity contribution in [2.75, 3.05) is 13.2 Å². The summed E-state index contributed by atoms with van der Waals surface area (Å²) in [5, 5.41) is 9.63. The lowest BCUT2D eigenvalue weighted by atomic mass is 10.1. The Morgan fingerprint density at radius 3 is 0.924 bits per heavy atom. The number of hydrogen-bond donors (Lipinski definition) is 1. The molecule has 0 heterocycles. The molecule has 5 nitrogen and oxygen atoms in total. The van der Waals surface area contributed by atoms with Crippen LogP contribution in [-0.4, -0.2) is 36.4 Å². The Kier molecular flexibility index (Phi) is 50.7. The summed E-state index contributed by atoms with van der Waals surface area (Å²) in [6, 6.07) is 0. The standard InChI is InChI=1S/C61H92O5/c1-3-5-7-9-11-13-15-17-19-21-23-25-27-29-30-32-34-36-38-40-42-44-46-48-50-52-54-56-61(64)66-59(57-62)58-65-60(63)55-53-51-49-47-45-43-41-39-37-35-33-31-28-26-24-22-20-18-16-14-12-10-8-6-4-2/h5-8,11-14,17-20,23-26,29-31,33-34,36-37,39-40,42-43,45,59,62H,3-4,9-10,15-16,21-22,27-28,32,35,38,41,44,46-58H2,1-2H3/b7-5-,8-6-,13-11-,14-12-,19-17-,20-18-,25-23-,26-24-,30-29-,33-31-,36-34-,39-37-,42-40-,45-43-. The molecule has 0 aliphatic carbocycles. The van der Waals surface area contributed by atoms with Crippen LogP contribution in [0.5, 0.6) is 0 Å². The second-order valence-electron chi connectivity index (χ2n) is 16.1. The molecule has 0 rings (SSSR count). The number of unbranched alkanes of at least 4 members (excludes halogenated alkanes) is 8. The number of allylic oxidation sites excluding steroid dienone is 28. The molecule has 5 heteroatoms. The third-order valence-corrected chi connectivity index (χ3v) is 10.0. The first-order valence-corrected chi connectivity index (χ1v) is 25.7. The predicted octanol–water partition coefficient (Wildman–Crippen LogP) is 17.4. The topological polar surface area (TPSA) is 72.8 Å². The molecule has 0 aliphatic heterocycles. The first-order chi connectivity index (χ1) is 32.6. The molecule has 0 aromatic rings. The van der Waals surface area contributed by atoms with Crippen molar-refractivity contribution in [2.24, 2.45) is 0 Å². The molecular weight excluding hydrogens is 813 g/mol. The maximum atomic E-state index is 12.3. The van der Waals surface area contributed by atoms with E-state index in [9.17, 15) is 14.7 Å². The van der Waals surface area contributed by atoms with E-state index in [-0.39, 0.29) is 25.2 Å². The number of rotatable bonds is 44. The highest BCUT2D eigenvalue weighted by molar-refractivity contribution is 5.70. The second-order valence-corrected chi connectivity index (χ2v) is 16.1. The Morgan fingerprint density at radius 1 is 0.348 bits per heavy atom. The molecule has 1 atom stereocenters.